The Bertz CT molecular complexity index is 894. The van der Waals surface area contributed by atoms with E-state index >= 15 is 0 Å². The summed E-state index contributed by atoms with van der Waals surface area (Å²) in [4.78, 5) is 30.9. The van der Waals surface area contributed by atoms with Gasteiger partial charge in [0.05, 0.1) is 21.5 Å². The number of rotatable bonds is 5. The molecule has 27 heavy (non-hydrogen) atoms. The van der Waals surface area contributed by atoms with Crippen molar-refractivity contribution in [1.82, 2.24) is 15.2 Å². The highest BCUT2D eigenvalue weighted by molar-refractivity contribution is 7.18. The van der Waals surface area contributed by atoms with Crippen LogP contribution in [0.4, 0.5) is 0 Å². The van der Waals surface area contributed by atoms with Crippen molar-refractivity contribution < 1.29 is 14.0 Å². The van der Waals surface area contributed by atoms with E-state index in [1.807, 2.05) is 24.3 Å². The maximum absolute atomic E-state index is 12.3. The number of hydrogen-bond acceptors (Lipinski definition) is 5. The van der Waals surface area contributed by atoms with E-state index in [4.69, 9.17) is 4.42 Å². The van der Waals surface area contributed by atoms with E-state index in [2.05, 4.69) is 10.3 Å². The van der Waals surface area contributed by atoms with Gasteiger partial charge in [-0.05, 0) is 37.1 Å². The minimum Gasteiger partial charge on any atom is -0.459 e. The van der Waals surface area contributed by atoms with Crippen LogP contribution in [0.5, 0.6) is 0 Å². The minimum absolute atomic E-state index is 0.0464. The predicted octanol–water partition coefficient (Wildman–Crippen LogP) is 3.24. The Morgan fingerprint density at radius 3 is 2.74 bits per heavy atom. The number of hydrogen-bond donors (Lipinski definition) is 1. The van der Waals surface area contributed by atoms with Crippen molar-refractivity contribution in [2.75, 3.05) is 13.1 Å². The number of nitrogens with zero attached hydrogens (tertiary/aromatic N) is 2. The van der Waals surface area contributed by atoms with Gasteiger partial charge in [0, 0.05) is 32.0 Å². The fourth-order valence-corrected chi connectivity index (χ4v) is 4.30. The van der Waals surface area contributed by atoms with E-state index < -0.39 is 0 Å². The van der Waals surface area contributed by atoms with E-state index in [-0.39, 0.29) is 17.9 Å². The second-order valence-electron chi connectivity index (χ2n) is 6.69. The van der Waals surface area contributed by atoms with Gasteiger partial charge in [-0.2, -0.15) is 0 Å². The molecule has 1 fully saturated rings. The number of likely N-dealkylation sites (tertiary alicyclic amines) is 1. The molecule has 0 saturated carbocycles. The van der Waals surface area contributed by atoms with Crippen LogP contribution in [-0.4, -0.2) is 40.8 Å². The monoisotopic (exact) mass is 383 g/mol. The van der Waals surface area contributed by atoms with E-state index in [0.717, 1.165) is 28.1 Å². The highest BCUT2D eigenvalue weighted by Gasteiger charge is 2.25. The van der Waals surface area contributed by atoms with Gasteiger partial charge in [-0.15, -0.1) is 11.3 Å². The van der Waals surface area contributed by atoms with Crippen LogP contribution < -0.4 is 5.32 Å². The highest BCUT2D eigenvalue weighted by atomic mass is 32.1. The molecule has 7 heteroatoms. The van der Waals surface area contributed by atoms with Crippen molar-refractivity contribution in [3.8, 4) is 0 Å². The van der Waals surface area contributed by atoms with Crippen molar-refractivity contribution in [2.24, 2.45) is 0 Å². The third-order valence-corrected chi connectivity index (χ3v) is 5.88. The van der Waals surface area contributed by atoms with Gasteiger partial charge >= 0.3 is 0 Å². The van der Waals surface area contributed by atoms with Crippen molar-refractivity contribution in [2.45, 2.75) is 31.7 Å². The summed E-state index contributed by atoms with van der Waals surface area (Å²) in [6.45, 7) is 1.25. The van der Waals surface area contributed by atoms with E-state index in [0.29, 0.717) is 31.7 Å². The first kappa shape index (κ1) is 17.7. The SMILES string of the molecule is O=C(CCc1nc2ccccc2s1)NC1CCN(C(=O)c2ccco2)CC1. The van der Waals surface area contributed by atoms with E-state index in [1.54, 1.807) is 28.4 Å². The van der Waals surface area contributed by atoms with Gasteiger partial charge in [-0.1, -0.05) is 12.1 Å². The lowest BCUT2D eigenvalue weighted by atomic mass is 10.0. The van der Waals surface area contributed by atoms with Crippen LogP contribution >= 0.6 is 11.3 Å². The van der Waals surface area contributed by atoms with Gasteiger partial charge in [0.2, 0.25) is 5.91 Å². The topological polar surface area (TPSA) is 75.4 Å². The highest BCUT2D eigenvalue weighted by Crippen LogP contribution is 2.22. The zero-order valence-corrected chi connectivity index (χ0v) is 15.7. The lowest BCUT2D eigenvalue weighted by molar-refractivity contribution is -0.122. The number of fused-ring (bicyclic) bond motifs is 1. The molecule has 1 aliphatic heterocycles. The summed E-state index contributed by atoms with van der Waals surface area (Å²) >= 11 is 1.64. The van der Waals surface area contributed by atoms with Crippen LogP contribution in [0, 0.1) is 0 Å². The molecular weight excluding hydrogens is 362 g/mol. The quantitative estimate of drug-likeness (QED) is 0.734. The molecule has 1 N–H and O–H groups in total. The molecule has 0 spiro atoms. The molecule has 1 saturated heterocycles. The molecule has 1 aliphatic rings. The summed E-state index contributed by atoms with van der Waals surface area (Å²) in [5.74, 6) is 0.332. The van der Waals surface area contributed by atoms with Crippen molar-refractivity contribution in [3.63, 3.8) is 0 Å². The summed E-state index contributed by atoms with van der Waals surface area (Å²) < 4.78 is 6.32. The summed E-state index contributed by atoms with van der Waals surface area (Å²) in [6.07, 6.45) is 4.12. The number of para-hydroxylation sites is 1. The Morgan fingerprint density at radius 1 is 1.19 bits per heavy atom. The second kappa shape index (κ2) is 7.92. The van der Waals surface area contributed by atoms with Crippen molar-refractivity contribution >= 4 is 33.4 Å². The van der Waals surface area contributed by atoms with Crippen LogP contribution in [0.3, 0.4) is 0 Å². The van der Waals surface area contributed by atoms with Crippen LogP contribution in [0.15, 0.2) is 47.1 Å². The van der Waals surface area contributed by atoms with Gasteiger partial charge in [0.15, 0.2) is 5.76 Å². The van der Waals surface area contributed by atoms with E-state index in [1.165, 1.54) is 6.26 Å². The number of amides is 2. The Kier molecular flexibility index (Phi) is 5.20. The van der Waals surface area contributed by atoms with Crippen LogP contribution in [-0.2, 0) is 11.2 Å². The summed E-state index contributed by atoms with van der Waals surface area (Å²) in [5, 5.41) is 4.08. The number of aryl methyl sites for hydroxylation is 1. The Morgan fingerprint density at radius 2 is 2.00 bits per heavy atom. The molecule has 0 radical (unpaired) electrons. The molecule has 3 aromatic rings. The van der Waals surface area contributed by atoms with Gasteiger partial charge in [0.1, 0.15) is 0 Å². The first-order chi connectivity index (χ1) is 13.2. The molecule has 4 rings (SSSR count). The maximum atomic E-state index is 12.3. The zero-order chi connectivity index (χ0) is 18.6. The molecule has 2 aromatic heterocycles. The number of benzene rings is 1. The standard InChI is InChI=1S/C20H21N3O3S/c24-18(7-8-19-22-15-4-1-2-6-17(15)27-19)21-14-9-11-23(12-10-14)20(25)16-5-3-13-26-16/h1-6,13-14H,7-12H2,(H,21,24). The second-order valence-corrected chi connectivity index (χ2v) is 7.80. The Hall–Kier alpha value is -2.67. The molecule has 0 aliphatic carbocycles. The lowest BCUT2D eigenvalue weighted by Crippen LogP contribution is -2.46. The molecule has 0 atom stereocenters. The maximum Gasteiger partial charge on any atom is 0.289 e. The fourth-order valence-electron chi connectivity index (χ4n) is 3.33. The largest absolute Gasteiger partial charge is 0.459 e. The number of piperidine rings is 1. The number of nitrogens with one attached hydrogen (secondary N) is 1. The van der Waals surface area contributed by atoms with Crippen LogP contribution in [0.2, 0.25) is 0 Å². The van der Waals surface area contributed by atoms with Crippen LogP contribution in [0.1, 0.15) is 34.8 Å². The molecule has 0 bridgehead atoms. The predicted molar refractivity (Wildman–Crippen MR) is 104 cm³/mol. The molecular formula is C20H21N3O3S. The number of thiazole rings is 1. The smallest absolute Gasteiger partial charge is 0.289 e. The van der Waals surface area contributed by atoms with Gasteiger partial charge in [-0.25, -0.2) is 4.98 Å². The zero-order valence-electron chi connectivity index (χ0n) is 14.9. The summed E-state index contributed by atoms with van der Waals surface area (Å²) in [7, 11) is 0. The van der Waals surface area contributed by atoms with E-state index in [9.17, 15) is 9.59 Å². The molecule has 0 unspecified atom stereocenters. The molecule has 2 amide bonds. The molecule has 6 nitrogen and oxygen atoms in total. The Labute approximate surface area is 161 Å². The summed E-state index contributed by atoms with van der Waals surface area (Å²) in [5.41, 5.74) is 0.992. The lowest BCUT2D eigenvalue weighted by Gasteiger charge is -2.31. The van der Waals surface area contributed by atoms with Gasteiger partial charge in [0.25, 0.3) is 5.91 Å². The number of carbonyl (C=O) groups is 2. The number of furan rings is 1. The normalized spacial score (nSPS) is 15.2. The van der Waals surface area contributed by atoms with Crippen molar-refractivity contribution in [3.05, 3.63) is 53.4 Å². The van der Waals surface area contributed by atoms with Crippen LogP contribution in [0.25, 0.3) is 10.2 Å². The van der Waals surface area contributed by atoms with Gasteiger partial charge < -0.3 is 14.6 Å². The first-order valence-electron chi connectivity index (χ1n) is 9.15. The first-order valence-corrected chi connectivity index (χ1v) is 9.97. The minimum atomic E-state index is -0.0828. The molecule has 1 aromatic carbocycles. The van der Waals surface area contributed by atoms with Gasteiger partial charge in [-0.3, -0.25) is 9.59 Å². The number of carbonyl (C=O) groups excluding carboxylic acids is 2. The average molecular weight is 383 g/mol. The molecule has 140 valence electrons. The van der Waals surface area contributed by atoms with Crippen molar-refractivity contribution in [1.29, 1.82) is 0 Å². The Balaban J connectivity index is 1.23. The third-order valence-electron chi connectivity index (χ3n) is 4.78. The molecule has 3 heterocycles. The third kappa shape index (κ3) is 4.19. The average Bonchev–Trinajstić information content (AvgIpc) is 3.36. The number of aromatic nitrogens is 1. The summed E-state index contributed by atoms with van der Waals surface area (Å²) in [6, 6.07) is 11.5. The fraction of sp³-hybridized carbons (Fsp3) is 0.350.